The SMILES string of the molecule is CCC(CC)SCCC(=O)O. The lowest BCUT2D eigenvalue weighted by atomic mass is 10.3. The Balaban J connectivity index is 3.28. The predicted molar refractivity (Wildman–Crippen MR) is 49.1 cm³/mol. The van der Waals surface area contributed by atoms with Gasteiger partial charge in [0.1, 0.15) is 0 Å². The summed E-state index contributed by atoms with van der Waals surface area (Å²) in [6.07, 6.45) is 2.57. The fraction of sp³-hybridized carbons (Fsp3) is 0.875. The van der Waals surface area contributed by atoms with E-state index < -0.39 is 5.97 Å². The van der Waals surface area contributed by atoms with Crippen LogP contribution in [-0.2, 0) is 4.79 Å². The van der Waals surface area contributed by atoms with E-state index in [1.54, 1.807) is 11.8 Å². The number of carbonyl (C=O) groups is 1. The Hall–Kier alpha value is -0.180. The van der Waals surface area contributed by atoms with E-state index in [-0.39, 0.29) is 0 Å². The van der Waals surface area contributed by atoms with E-state index in [9.17, 15) is 4.79 Å². The van der Waals surface area contributed by atoms with E-state index >= 15 is 0 Å². The smallest absolute Gasteiger partial charge is 0.304 e. The largest absolute Gasteiger partial charge is 0.481 e. The minimum absolute atomic E-state index is 0.293. The van der Waals surface area contributed by atoms with Gasteiger partial charge >= 0.3 is 5.97 Å². The summed E-state index contributed by atoms with van der Waals surface area (Å²) in [6, 6.07) is 0. The molecule has 0 amide bonds. The predicted octanol–water partition coefficient (Wildman–Crippen LogP) is 2.38. The number of rotatable bonds is 6. The summed E-state index contributed by atoms with van der Waals surface area (Å²) >= 11 is 1.77. The highest BCUT2D eigenvalue weighted by Gasteiger charge is 2.04. The van der Waals surface area contributed by atoms with Crippen molar-refractivity contribution in [2.24, 2.45) is 0 Å². The van der Waals surface area contributed by atoms with Crippen LogP contribution in [0.15, 0.2) is 0 Å². The summed E-state index contributed by atoms with van der Waals surface area (Å²) < 4.78 is 0. The summed E-state index contributed by atoms with van der Waals surface area (Å²) in [5, 5.41) is 9.01. The highest BCUT2D eigenvalue weighted by atomic mass is 32.2. The van der Waals surface area contributed by atoms with Crippen molar-refractivity contribution >= 4 is 17.7 Å². The molecule has 0 heterocycles. The molecule has 0 aromatic carbocycles. The van der Waals surface area contributed by atoms with Crippen LogP contribution in [0.25, 0.3) is 0 Å². The normalized spacial score (nSPS) is 10.5. The first-order chi connectivity index (χ1) is 5.20. The molecule has 0 aliphatic rings. The fourth-order valence-electron chi connectivity index (χ4n) is 0.837. The molecule has 0 saturated heterocycles. The maximum absolute atomic E-state index is 10.1. The van der Waals surface area contributed by atoms with Gasteiger partial charge in [0.05, 0.1) is 6.42 Å². The monoisotopic (exact) mass is 176 g/mol. The third-order valence-electron chi connectivity index (χ3n) is 1.58. The third-order valence-corrected chi connectivity index (χ3v) is 3.16. The van der Waals surface area contributed by atoms with Gasteiger partial charge in [-0.15, -0.1) is 0 Å². The molecule has 0 aliphatic carbocycles. The van der Waals surface area contributed by atoms with Gasteiger partial charge in [-0.1, -0.05) is 13.8 Å². The van der Waals surface area contributed by atoms with E-state index in [2.05, 4.69) is 13.8 Å². The Morgan fingerprint density at radius 2 is 2.00 bits per heavy atom. The molecular weight excluding hydrogens is 160 g/mol. The molecule has 0 atom stereocenters. The van der Waals surface area contributed by atoms with Crippen LogP contribution in [0.3, 0.4) is 0 Å². The zero-order valence-electron chi connectivity index (χ0n) is 7.17. The van der Waals surface area contributed by atoms with Crippen LogP contribution in [-0.4, -0.2) is 22.1 Å². The van der Waals surface area contributed by atoms with E-state index in [1.165, 1.54) is 0 Å². The Labute approximate surface area is 72.4 Å². The Morgan fingerprint density at radius 3 is 2.36 bits per heavy atom. The second-order valence-corrected chi connectivity index (χ2v) is 3.86. The zero-order valence-corrected chi connectivity index (χ0v) is 7.99. The molecule has 66 valence electrons. The zero-order chi connectivity index (χ0) is 8.69. The second kappa shape index (κ2) is 6.53. The lowest BCUT2D eigenvalue weighted by Crippen LogP contribution is -2.02. The van der Waals surface area contributed by atoms with E-state index in [4.69, 9.17) is 5.11 Å². The van der Waals surface area contributed by atoms with Gasteiger partial charge < -0.3 is 5.11 Å². The molecule has 0 unspecified atom stereocenters. The van der Waals surface area contributed by atoms with Gasteiger partial charge in [-0.25, -0.2) is 0 Å². The van der Waals surface area contributed by atoms with Crippen LogP contribution in [0.1, 0.15) is 33.1 Å². The van der Waals surface area contributed by atoms with Crippen molar-refractivity contribution in [2.75, 3.05) is 5.75 Å². The molecule has 0 aromatic heterocycles. The average Bonchev–Trinajstić information content (AvgIpc) is 1.98. The number of hydrogen-bond donors (Lipinski definition) is 1. The summed E-state index contributed by atoms with van der Waals surface area (Å²) in [7, 11) is 0. The number of carboxylic acids is 1. The average molecular weight is 176 g/mol. The molecule has 0 saturated carbocycles. The van der Waals surface area contributed by atoms with Crippen LogP contribution in [0.4, 0.5) is 0 Å². The van der Waals surface area contributed by atoms with Crippen LogP contribution < -0.4 is 0 Å². The van der Waals surface area contributed by atoms with Crippen molar-refractivity contribution in [3.8, 4) is 0 Å². The Morgan fingerprint density at radius 1 is 1.45 bits per heavy atom. The van der Waals surface area contributed by atoms with Crippen LogP contribution in [0, 0.1) is 0 Å². The molecule has 1 N–H and O–H groups in total. The van der Waals surface area contributed by atoms with Gasteiger partial charge in [0.2, 0.25) is 0 Å². The van der Waals surface area contributed by atoms with Crippen molar-refractivity contribution < 1.29 is 9.90 Å². The van der Waals surface area contributed by atoms with Crippen LogP contribution in [0.5, 0.6) is 0 Å². The van der Waals surface area contributed by atoms with Crippen molar-refractivity contribution in [2.45, 2.75) is 38.4 Å². The first-order valence-corrected chi connectivity index (χ1v) is 5.09. The van der Waals surface area contributed by atoms with Crippen LogP contribution in [0.2, 0.25) is 0 Å². The molecule has 0 aliphatic heterocycles. The Kier molecular flexibility index (Phi) is 6.42. The number of hydrogen-bond acceptors (Lipinski definition) is 2. The Bertz CT molecular complexity index is 111. The molecule has 0 bridgehead atoms. The van der Waals surface area contributed by atoms with Gasteiger partial charge in [-0.05, 0) is 12.8 Å². The van der Waals surface area contributed by atoms with Crippen molar-refractivity contribution in [3.63, 3.8) is 0 Å². The molecule has 0 fully saturated rings. The summed E-state index contributed by atoms with van der Waals surface area (Å²) in [6.45, 7) is 4.28. The summed E-state index contributed by atoms with van der Waals surface area (Å²) in [5.74, 6) is 0.0604. The van der Waals surface area contributed by atoms with E-state index in [0.717, 1.165) is 18.6 Å². The number of carboxylic acid groups (broad SMARTS) is 1. The maximum Gasteiger partial charge on any atom is 0.304 e. The second-order valence-electron chi connectivity index (χ2n) is 2.45. The minimum atomic E-state index is -0.691. The molecule has 3 heteroatoms. The van der Waals surface area contributed by atoms with E-state index in [0.29, 0.717) is 11.7 Å². The molecule has 11 heavy (non-hydrogen) atoms. The first-order valence-electron chi connectivity index (χ1n) is 4.04. The van der Waals surface area contributed by atoms with E-state index in [1.807, 2.05) is 0 Å². The number of aliphatic carboxylic acids is 1. The fourth-order valence-corrected chi connectivity index (χ4v) is 1.93. The summed E-state index contributed by atoms with van der Waals surface area (Å²) in [4.78, 5) is 10.1. The first kappa shape index (κ1) is 10.8. The topological polar surface area (TPSA) is 37.3 Å². The van der Waals surface area contributed by atoms with Gasteiger partial charge in [0, 0.05) is 11.0 Å². The molecular formula is C8H16O2S. The lowest BCUT2D eigenvalue weighted by molar-refractivity contribution is -0.136. The van der Waals surface area contributed by atoms with Crippen LogP contribution >= 0.6 is 11.8 Å². The molecule has 0 radical (unpaired) electrons. The van der Waals surface area contributed by atoms with Gasteiger partial charge in [-0.3, -0.25) is 4.79 Å². The van der Waals surface area contributed by atoms with Gasteiger partial charge in [-0.2, -0.15) is 11.8 Å². The molecule has 0 rings (SSSR count). The van der Waals surface area contributed by atoms with Gasteiger partial charge in [0.15, 0.2) is 0 Å². The van der Waals surface area contributed by atoms with Crippen molar-refractivity contribution in [1.82, 2.24) is 0 Å². The standard InChI is InChI=1S/C8H16O2S/c1-3-7(4-2)11-6-5-8(9)10/h7H,3-6H2,1-2H3,(H,9,10). The molecule has 2 nitrogen and oxygen atoms in total. The highest BCUT2D eigenvalue weighted by Crippen LogP contribution is 2.18. The molecule has 0 spiro atoms. The van der Waals surface area contributed by atoms with Gasteiger partial charge in [0.25, 0.3) is 0 Å². The maximum atomic E-state index is 10.1. The van der Waals surface area contributed by atoms with Crippen molar-refractivity contribution in [1.29, 1.82) is 0 Å². The summed E-state index contributed by atoms with van der Waals surface area (Å²) in [5.41, 5.74) is 0. The third kappa shape index (κ3) is 6.23. The highest BCUT2D eigenvalue weighted by molar-refractivity contribution is 7.99. The quantitative estimate of drug-likeness (QED) is 0.675. The lowest BCUT2D eigenvalue weighted by Gasteiger charge is -2.09. The number of thioether (sulfide) groups is 1. The molecule has 0 aromatic rings. The minimum Gasteiger partial charge on any atom is -0.481 e. The van der Waals surface area contributed by atoms with Crippen molar-refractivity contribution in [3.05, 3.63) is 0 Å².